The Balaban J connectivity index is 1.96. The second kappa shape index (κ2) is 8.67. The topological polar surface area (TPSA) is 75.7 Å². The Bertz CT molecular complexity index is 680. The van der Waals surface area contributed by atoms with Gasteiger partial charge >= 0.3 is 0 Å². The van der Waals surface area contributed by atoms with E-state index in [1.165, 1.54) is 4.31 Å². The van der Waals surface area contributed by atoms with E-state index in [-0.39, 0.29) is 23.7 Å². The fourth-order valence-corrected chi connectivity index (χ4v) is 4.49. The van der Waals surface area contributed by atoms with Crippen molar-refractivity contribution in [3.63, 3.8) is 0 Å². The Kier molecular flexibility index (Phi) is 6.84. The molecule has 0 spiro atoms. The number of sulfonamides is 1. The molecule has 140 valence electrons. The van der Waals surface area contributed by atoms with Crippen molar-refractivity contribution in [2.45, 2.75) is 46.1 Å². The van der Waals surface area contributed by atoms with Gasteiger partial charge in [-0.2, -0.15) is 0 Å². The van der Waals surface area contributed by atoms with Gasteiger partial charge in [0.05, 0.1) is 17.5 Å². The summed E-state index contributed by atoms with van der Waals surface area (Å²) in [5.41, 5.74) is 0.655. The van der Waals surface area contributed by atoms with Crippen molar-refractivity contribution in [2.24, 2.45) is 5.92 Å². The van der Waals surface area contributed by atoms with E-state index in [9.17, 15) is 13.2 Å². The summed E-state index contributed by atoms with van der Waals surface area (Å²) in [4.78, 5) is 12.6. The van der Waals surface area contributed by atoms with Crippen molar-refractivity contribution in [3.05, 3.63) is 24.3 Å². The van der Waals surface area contributed by atoms with Crippen LogP contribution in [0.1, 0.15) is 40.0 Å². The van der Waals surface area contributed by atoms with Crippen molar-refractivity contribution in [2.75, 3.05) is 24.2 Å². The molecule has 2 rings (SSSR count). The third-order valence-corrected chi connectivity index (χ3v) is 6.26. The number of benzene rings is 1. The Labute approximate surface area is 150 Å². The number of carbonyl (C=O) groups excluding carboxylic acids is 1. The predicted molar refractivity (Wildman–Crippen MR) is 99.2 cm³/mol. The molecule has 0 aliphatic carbocycles. The minimum atomic E-state index is -3.18. The highest BCUT2D eigenvalue weighted by Gasteiger charge is 2.30. The number of rotatable bonds is 7. The van der Waals surface area contributed by atoms with E-state index < -0.39 is 10.0 Å². The van der Waals surface area contributed by atoms with Crippen molar-refractivity contribution in [1.82, 2.24) is 4.31 Å². The number of amides is 1. The standard InChI is InChI=1S/C18H28N2O4S/c1-4-13-25(22,23)20-11-9-15(10-12-20)18(21)19-16-7-5-6-8-17(16)24-14(2)3/h5-8,14-15H,4,9-13H2,1-3H3,(H,19,21). The molecule has 0 atom stereocenters. The van der Waals surface area contributed by atoms with Crippen LogP contribution >= 0.6 is 0 Å². The quantitative estimate of drug-likeness (QED) is 0.803. The number of para-hydroxylation sites is 2. The van der Waals surface area contributed by atoms with E-state index in [0.29, 0.717) is 43.8 Å². The lowest BCUT2D eigenvalue weighted by Crippen LogP contribution is -2.42. The summed E-state index contributed by atoms with van der Waals surface area (Å²) in [5, 5.41) is 2.93. The molecular formula is C18H28N2O4S. The van der Waals surface area contributed by atoms with Crippen LogP contribution in [0.3, 0.4) is 0 Å². The maximum Gasteiger partial charge on any atom is 0.227 e. The van der Waals surface area contributed by atoms with Crippen molar-refractivity contribution >= 4 is 21.6 Å². The highest BCUT2D eigenvalue weighted by Crippen LogP contribution is 2.27. The van der Waals surface area contributed by atoms with Crippen LogP contribution in [0.2, 0.25) is 0 Å². The minimum absolute atomic E-state index is 0.0186. The van der Waals surface area contributed by atoms with Crippen molar-refractivity contribution < 1.29 is 17.9 Å². The van der Waals surface area contributed by atoms with Gasteiger partial charge in [0.15, 0.2) is 0 Å². The fraction of sp³-hybridized carbons (Fsp3) is 0.611. The number of ether oxygens (including phenoxy) is 1. The fourth-order valence-electron chi connectivity index (χ4n) is 2.94. The lowest BCUT2D eigenvalue weighted by molar-refractivity contribution is -0.120. The van der Waals surface area contributed by atoms with Crippen LogP contribution in [0.15, 0.2) is 24.3 Å². The Hall–Kier alpha value is -1.60. The average molecular weight is 368 g/mol. The number of nitrogens with one attached hydrogen (secondary N) is 1. The van der Waals surface area contributed by atoms with E-state index >= 15 is 0 Å². The molecule has 1 fully saturated rings. The zero-order valence-corrected chi connectivity index (χ0v) is 16.0. The average Bonchev–Trinajstić information content (AvgIpc) is 2.56. The maximum atomic E-state index is 12.6. The van der Waals surface area contributed by atoms with Crippen LogP contribution in [0.25, 0.3) is 0 Å². The highest BCUT2D eigenvalue weighted by molar-refractivity contribution is 7.89. The summed E-state index contributed by atoms with van der Waals surface area (Å²) < 4.78 is 31.4. The molecule has 1 aromatic rings. The van der Waals surface area contributed by atoms with Gasteiger partial charge in [-0.25, -0.2) is 12.7 Å². The van der Waals surface area contributed by atoms with Gasteiger partial charge < -0.3 is 10.1 Å². The second-order valence-electron chi connectivity index (χ2n) is 6.64. The number of carbonyl (C=O) groups is 1. The smallest absolute Gasteiger partial charge is 0.227 e. The largest absolute Gasteiger partial charge is 0.489 e. The Morgan fingerprint density at radius 2 is 1.92 bits per heavy atom. The third kappa shape index (κ3) is 5.44. The number of hydrogen-bond donors (Lipinski definition) is 1. The van der Waals surface area contributed by atoms with Crippen LogP contribution in [0.5, 0.6) is 5.75 Å². The molecule has 1 saturated heterocycles. The Morgan fingerprint density at radius 3 is 2.52 bits per heavy atom. The van der Waals surface area contributed by atoms with Crippen LogP contribution in [0, 0.1) is 5.92 Å². The molecule has 1 aromatic carbocycles. The molecular weight excluding hydrogens is 340 g/mol. The van der Waals surface area contributed by atoms with Gasteiger partial charge in [0.1, 0.15) is 5.75 Å². The lowest BCUT2D eigenvalue weighted by Gasteiger charge is -2.30. The van der Waals surface area contributed by atoms with Crippen LogP contribution in [-0.4, -0.2) is 43.6 Å². The van der Waals surface area contributed by atoms with E-state index in [1.54, 1.807) is 0 Å². The van der Waals surface area contributed by atoms with Crippen LogP contribution in [-0.2, 0) is 14.8 Å². The maximum absolute atomic E-state index is 12.6. The molecule has 1 N–H and O–H groups in total. The zero-order valence-electron chi connectivity index (χ0n) is 15.2. The normalized spacial score (nSPS) is 16.8. The van der Waals surface area contributed by atoms with Gasteiger partial charge in [0.25, 0.3) is 0 Å². The molecule has 1 aliphatic rings. The van der Waals surface area contributed by atoms with E-state index in [2.05, 4.69) is 5.32 Å². The summed E-state index contributed by atoms with van der Waals surface area (Å²) in [5.74, 6) is 0.561. The van der Waals surface area contributed by atoms with E-state index in [0.717, 1.165) is 0 Å². The molecule has 6 nitrogen and oxygen atoms in total. The van der Waals surface area contributed by atoms with E-state index in [4.69, 9.17) is 4.74 Å². The second-order valence-corrected chi connectivity index (χ2v) is 8.73. The molecule has 0 unspecified atom stereocenters. The summed E-state index contributed by atoms with van der Waals surface area (Å²) in [6, 6.07) is 7.36. The molecule has 25 heavy (non-hydrogen) atoms. The van der Waals surface area contributed by atoms with E-state index in [1.807, 2.05) is 45.0 Å². The molecule has 1 heterocycles. The summed E-state index contributed by atoms with van der Waals surface area (Å²) in [6.07, 6.45) is 1.71. The predicted octanol–water partition coefficient (Wildman–Crippen LogP) is 2.86. The van der Waals surface area contributed by atoms with Crippen molar-refractivity contribution in [3.8, 4) is 5.75 Å². The zero-order chi connectivity index (χ0) is 18.4. The number of nitrogens with zero attached hydrogens (tertiary/aromatic N) is 1. The first-order valence-corrected chi connectivity index (χ1v) is 10.5. The van der Waals surface area contributed by atoms with Crippen LogP contribution in [0.4, 0.5) is 5.69 Å². The molecule has 0 bridgehead atoms. The number of hydrogen-bond acceptors (Lipinski definition) is 4. The van der Waals surface area contributed by atoms with Gasteiger partial charge in [-0.1, -0.05) is 19.1 Å². The molecule has 0 saturated carbocycles. The monoisotopic (exact) mass is 368 g/mol. The summed E-state index contributed by atoms with van der Waals surface area (Å²) in [7, 11) is -3.18. The first-order valence-electron chi connectivity index (χ1n) is 8.88. The lowest BCUT2D eigenvalue weighted by atomic mass is 9.97. The SMILES string of the molecule is CCCS(=O)(=O)N1CCC(C(=O)Nc2ccccc2OC(C)C)CC1. The van der Waals surface area contributed by atoms with Gasteiger partial charge in [0.2, 0.25) is 15.9 Å². The summed E-state index contributed by atoms with van der Waals surface area (Å²) >= 11 is 0. The molecule has 0 radical (unpaired) electrons. The molecule has 1 aliphatic heterocycles. The van der Waals surface area contributed by atoms with Crippen molar-refractivity contribution in [1.29, 1.82) is 0 Å². The van der Waals surface area contributed by atoms with Gasteiger partial charge in [0, 0.05) is 19.0 Å². The highest BCUT2D eigenvalue weighted by atomic mass is 32.2. The molecule has 1 amide bonds. The molecule has 0 aromatic heterocycles. The van der Waals surface area contributed by atoms with Gasteiger partial charge in [-0.05, 0) is 45.2 Å². The first kappa shape index (κ1) is 19.7. The third-order valence-electron chi connectivity index (χ3n) is 4.19. The van der Waals surface area contributed by atoms with Gasteiger partial charge in [-0.15, -0.1) is 0 Å². The Morgan fingerprint density at radius 1 is 1.28 bits per heavy atom. The van der Waals surface area contributed by atoms with Crippen LogP contribution < -0.4 is 10.1 Å². The summed E-state index contributed by atoms with van der Waals surface area (Å²) in [6.45, 7) is 6.54. The number of piperidine rings is 1. The van der Waals surface area contributed by atoms with Gasteiger partial charge in [-0.3, -0.25) is 4.79 Å². The first-order chi connectivity index (χ1) is 11.8. The number of anilines is 1. The minimum Gasteiger partial charge on any atom is -0.489 e. The molecule has 7 heteroatoms.